The Morgan fingerprint density at radius 3 is 3.11 bits per heavy atom. The van der Waals surface area contributed by atoms with Crippen molar-refractivity contribution in [2.24, 2.45) is 0 Å². The van der Waals surface area contributed by atoms with Gasteiger partial charge in [0.25, 0.3) is 0 Å². The summed E-state index contributed by atoms with van der Waals surface area (Å²) >= 11 is 0. The van der Waals surface area contributed by atoms with Crippen LogP contribution in [0.25, 0.3) is 27.8 Å². The highest BCUT2D eigenvalue weighted by Gasteiger charge is 2.08. The van der Waals surface area contributed by atoms with Crippen molar-refractivity contribution >= 4 is 16.7 Å². The van der Waals surface area contributed by atoms with Crippen molar-refractivity contribution in [3.8, 4) is 11.1 Å². The van der Waals surface area contributed by atoms with E-state index in [0.717, 1.165) is 33.4 Å². The predicted molar refractivity (Wildman–Crippen MR) is 72.8 cm³/mol. The number of hydrogen-bond acceptors (Lipinski definition) is 3. The van der Waals surface area contributed by atoms with E-state index in [2.05, 4.69) is 26.1 Å². The van der Waals surface area contributed by atoms with Crippen molar-refractivity contribution in [3.05, 3.63) is 48.7 Å². The first-order valence-corrected chi connectivity index (χ1v) is 6.05. The number of fused-ring (bicyclic) bond motifs is 2. The molecule has 0 amide bonds. The van der Waals surface area contributed by atoms with E-state index in [1.54, 1.807) is 10.8 Å². The van der Waals surface area contributed by atoms with Gasteiger partial charge in [-0.1, -0.05) is 0 Å². The van der Waals surface area contributed by atoms with E-state index in [4.69, 9.17) is 0 Å². The molecule has 0 aliphatic heterocycles. The Bertz CT molecular complexity index is 887. The highest BCUT2D eigenvalue weighted by atomic mass is 15.3. The van der Waals surface area contributed by atoms with Gasteiger partial charge in [-0.2, -0.15) is 5.10 Å². The molecule has 0 fully saturated rings. The molecule has 0 aliphatic rings. The molecule has 0 radical (unpaired) electrons. The van der Waals surface area contributed by atoms with Gasteiger partial charge in [-0.15, -0.1) is 0 Å². The van der Waals surface area contributed by atoms with Gasteiger partial charge < -0.3 is 4.98 Å². The zero-order valence-corrected chi connectivity index (χ0v) is 10.3. The number of hydrogen-bond donors (Lipinski definition) is 1. The van der Waals surface area contributed by atoms with Crippen LogP contribution in [0.5, 0.6) is 0 Å². The maximum absolute atomic E-state index is 4.39. The fourth-order valence-corrected chi connectivity index (χ4v) is 2.33. The number of aromatic nitrogens is 5. The number of nitrogens with one attached hydrogen (secondary N) is 1. The van der Waals surface area contributed by atoms with Crippen LogP contribution in [0.3, 0.4) is 0 Å². The number of aryl methyl sites for hydroxylation is 1. The smallest absolute Gasteiger partial charge is 0.155 e. The van der Waals surface area contributed by atoms with Gasteiger partial charge in [0.05, 0.1) is 0 Å². The molecule has 0 spiro atoms. The topological polar surface area (TPSA) is 58.9 Å². The number of pyridine rings is 2. The molecule has 0 bridgehead atoms. The first-order valence-electron chi connectivity index (χ1n) is 6.05. The summed E-state index contributed by atoms with van der Waals surface area (Å²) in [5.74, 6) is 0. The van der Waals surface area contributed by atoms with Gasteiger partial charge in [0.1, 0.15) is 12.0 Å². The summed E-state index contributed by atoms with van der Waals surface area (Å²) in [7, 11) is 0. The van der Waals surface area contributed by atoms with Gasteiger partial charge in [-0.3, -0.25) is 0 Å². The fourth-order valence-electron chi connectivity index (χ4n) is 2.33. The van der Waals surface area contributed by atoms with Crippen LogP contribution in [0, 0.1) is 6.92 Å². The molecule has 0 saturated heterocycles. The Morgan fingerprint density at radius 2 is 2.16 bits per heavy atom. The summed E-state index contributed by atoms with van der Waals surface area (Å²) in [6.45, 7) is 2.05. The molecule has 5 nitrogen and oxygen atoms in total. The Labute approximate surface area is 108 Å². The molecule has 4 rings (SSSR count). The molecule has 1 N–H and O–H groups in total. The van der Waals surface area contributed by atoms with Crippen LogP contribution in [-0.4, -0.2) is 24.6 Å². The van der Waals surface area contributed by atoms with Crippen LogP contribution in [-0.2, 0) is 0 Å². The molecule has 0 aromatic carbocycles. The summed E-state index contributed by atoms with van der Waals surface area (Å²) in [4.78, 5) is 11.8. The third kappa shape index (κ3) is 1.52. The summed E-state index contributed by atoms with van der Waals surface area (Å²) in [5.41, 5.74) is 5.14. The van der Waals surface area contributed by atoms with Crippen LogP contribution >= 0.6 is 0 Å². The van der Waals surface area contributed by atoms with Gasteiger partial charge >= 0.3 is 0 Å². The normalized spacial score (nSPS) is 11.4. The Balaban J connectivity index is 2.00. The molecular formula is C14H11N5. The van der Waals surface area contributed by atoms with Crippen LogP contribution in [0.4, 0.5) is 0 Å². The average Bonchev–Trinajstić information content (AvgIpc) is 3.03. The van der Waals surface area contributed by atoms with E-state index < -0.39 is 0 Å². The van der Waals surface area contributed by atoms with Crippen LogP contribution in [0.1, 0.15) is 5.56 Å². The molecule has 19 heavy (non-hydrogen) atoms. The van der Waals surface area contributed by atoms with Gasteiger partial charge in [-0.05, 0) is 36.2 Å². The first kappa shape index (κ1) is 10.3. The molecule has 4 aromatic heterocycles. The molecule has 92 valence electrons. The molecule has 0 aliphatic carbocycles. The largest absolute Gasteiger partial charge is 0.346 e. The van der Waals surface area contributed by atoms with Gasteiger partial charge in [0.15, 0.2) is 5.65 Å². The Hall–Kier alpha value is -2.69. The molecule has 0 atom stereocenters. The van der Waals surface area contributed by atoms with E-state index in [0.29, 0.717) is 0 Å². The van der Waals surface area contributed by atoms with Gasteiger partial charge in [0.2, 0.25) is 0 Å². The summed E-state index contributed by atoms with van der Waals surface area (Å²) in [6.07, 6.45) is 7.32. The highest BCUT2D eigenvalue weighted by Crippen LogP contribution is 2.28. The van der Waals surface area contributed by atoms with Crippen molar-refractivity contribution in [1.29, 1.82) is 0 Å². The second kappa shape index (κ2) is 3.65. The zero-order chi connectivity index (χ0) is 12.8. The molecule has 0 unspecified atom stereocenters. The quantitative estimate of drug-likeness (QED) is 0.564. The second-order valence-electron chi connectivity index (χ2n) is 4.59. The number of nitrogens with zero attached hydrogens (tertiary/aromatic N) is 4. The lowest BCUT2D eigenvalue weighted by Crippen LogP contribution is -1.87. The van der Waals surface area contributed by atoms with E-state index in [-0.39, 0.29) is 0 Å². The highest BCUT2D eigenvalue weighted by molar-refractivity contribution is 5.94. The standard InChI is InChI=1S/C14H11N5/c1-9-4-11-12(7-16-14(11)15-6-9)10-2-3-19-13(5-10)17-8-18-19/h2-8H,1H3,(H,15,16). The van der Waals surface area contributed by atoms with E-state index in [1.165, 1.54) is 0 Å². The van der Waals surface area contributed by atoms with Crippen molar-refractivity contribution in [2.75, 3.05) is 0 Å². The minimum absolute atomic E-state index is 0.840. The first-order chi connectivity index (χ1) is 9.31. The Morgan fingerprint density at radius 1 is 1.21 bits per heavy atom. The maximum atomic E-state index is 4.39. The van der Waals surface area contributed by atoms with Crippen LogP contribution < -0.4 is 0 Å². The van der Waals surface area contributed by atoms with Crippen molar-refractivity contribution in [3.63, 3.8) is 0 Å². The lowest BCUT2D eigenvalue weighted by Gasteiger charge is -2.00. The molecule has 4 heterocycles. The minimum Gasteiger partial charge on any atom is -0.346 e. The minimum atomic E-state index is 0.840. The average molecular weight is 249 g/mol. The monoisotopic (exact) mass is 249 g/mol. The van der Waals surface area contributed by atoms with Gasteiger partial charge in [0, 0.05) is 29.5 Å². The summed E-state index contributed by atoms with van der Waals surface area (Å²) < 4.78 is 1.75. The summed E-state index contributed by atoms with van der Waals surface area (Å²) in [5, 5.41) is 5.23. The van der Waals surface area contributed by atoms with E-state index in [9.17, 15) is 0 Å². The van der Waals surface area contributed by atoms with Crippen molar-refractivity contribution in [2.45, 2.75) is 6.92 Å². The third-order valence-electron chi connectivity index (χ3n) is 3.26. The lowest BCUT2D eigenvalue weighted by molar-refractivity contribution is 0.962. The van der Waals surface area contributed by atoms with Crippen molar-refractivity contribution < 1.29 is 0 Å². The maximum Gasteiger partial charge on any atom is 0.155 e. The molecule has 5 heteroatoms. The SMILES string of the molecule is Cc1cnc2[nH]cc(-c3ccn4ncnc4c3)c2c1. The third-order valence-corrected chi connectivity index (χ3v) is 3.26. The van der Waals surface area contributed by atoms with Crippen LogP contribution in [0.2, 0.25) is 0 Å². The number of H-pyrrole nitrogens is 1. The lowest BCUT2D eigenvalue weighted by atomic mass is 10.1. The number of aromatic amines is 1. The van der Waals surface area contributed by atoms with Crippen LogP contribution in [0.15, 0.2) is 43.1 Å². The second-order valence-corrected chi connectivity index (χ2v) is 4.59. The predicted octanol–water partition coefficient (Wildman–Crippen LogP) is 2.58. The molecule has 0 saturated carbocycles. The van der Waals surface area contributed by atoms with E-state index in [1.807, 2.05) is 37.6 Å². The number of rotatable bonds is 1. The van der Waals surface area contributed by atoms with Crippen molar-refractivity contribution in [1.82, 2.24) is 24.6 Å². The van der Waals surface area contributed by atoms with Gasteiger partial charge in [-0.25, -0.2) is 14.5 Å². The zero-order valence-electron chi connectivity index (χ0n) is 10.3. The van der Waals surface area contributed by atoms with E-state index >= 15 is 0 Å². The Kier molecular flexibility index (Phi) is 1.97. The molecular weight excluding hydrogens is 238 g/mol. The fraction of sp³-hybridized carbons (Fsp3) is 0.0714. The molecule has 4 aromatic rings. The summed E-state index contributed by atoms with van der Waals surface area (Å²) in [6, 6.07) is 6.20.